The summed E-state index contributed by atoms with van der Waals surface area (Å²) in [4.78, 5) is 15.7. The van der Waals surface area contributed by atoms with Gasteiger partial charge in [0.05, 0.1) is 11.4 Å². The molecule has 0 saturated carbocycles. The lowest BCUT2D eigenvalue weighted by Crippen LogP contribution is -2.30. The number of carbonyl (C=O) groups excluding carboxylic acids is 1. The summed E-state index contributed by atoms with van der Waals surface area (Å²) in [6.45, 7) is 4.96. The third kappa shape index (κ3) is 3.59. The smallest absolute Gasteiger partial charge is 0.319 e. The molecule has 0 fully saturated rings. The monoisotopic (exact) mass is 321 g/mol. The van der Waals surface area contributed by atoms with E-state index in [1.54, 1.807) is 0 Å². The van der Waals surface area contributed by atoms with Gasteiger partial charge in [-0.1, -0.05) is 62.4 Å². The summed E-state index contributed by atoms with van der Waals surface area (Å²) in [5.41, 5.74) is 3.80. The van der Waals surface area contributed by atoms with Crippen LogP contribution in [0.1, 0.15) is 20.3 Å². The SMILES string of the molecule is CC(C)CCNC(=O)Nc1c(-c2ccccc2)[nH]c2ccccc12. The standard InChI is InChI=1S/C20H23N3O/c1-14(2)12-13-21-20(24)23-19-16-10-6-7-11-17(16)22-18(19)15-8-4-3-5-9-15/h3-11,14,22H,12-13H2,1-2H3,(H2,21,23,24). The first-order valence-electron chi connectivity index (χ1n) is 8.36. The number of urea groups is 1. The fourth-order valence-electron chi connectivity index (χ4n) is 2.73. The number of aromatic amines is 1. The van der Waals surface area contributed by atoms with Gasteiger partial charge in [-0.15, -0.1) is 0 Å². The molecule has 0 spiro atoms. The van der Waals surface area contributed by atoms with Gasteiger partial charge in [-0.05, 0) is 18.4 Å². The molecule has 24 heavy (non-hydrogen) atoms. The van der Waals surface area contributed by atoms with Crippen molar-refractivity contribution in [3.05, 3.63) is 54.6 Å². The predicted octanol–water partition coefficient (Wildman–Crippen LogP) is 5.00. The summed E-state index contributed by atoms with van der Waals surface area (Å²) in [6, 6.07) is 17.9. The summed E-state index contributed by atoms with van der Waals surface area (Å²) < 4.78 is 0. The zero-order valence-corrected chi connectivity index (χ0v) is 14.1. The summed E-state index contributed by atoms with van der Waals surface area (Å²) in [5, 5.41) is 6.97. The number of H-pyrrole nitrogens is 1. The molecule has 0 bridgehead atoms. The zero-order valence-electron chi connectivity index (χ0n) is 14.1. The molecule has 4 nitrogen and oxygen atoms in total. The number of anilines is 1. The second-order valence-electron chi connectivity index (χ2n) is 6.35. The Morgan fingerprint density at radius 3 is 2.50 bits per heavy atom. The van der Waals surface area contributed by atoms with E-state index in [4.69, 9.17) is 0 Å². The van der Waals surface area contributed by atoms with Crippen LogP contribution in [0.4, 0.5) is 10.5 Å². The van der Waals surface area contributed by atoms with Gasteiger partial charge in [-0.2, -0.15) is 0 Å². The Balaban J connectivity index is 1.89. The Morgan fingerprint density at radius 2 is 1.75 bits per heavy atom. The number of rotatable bonds is 5. The van der Waals surface area contributed by atoms with E-state index in [1.165, 1.54) is 0 Å². The predicted molar refractivity (Wildman–Crippen MR) is 100 cm³/mol. The molecule has 3 N–H and O–H groups in total. The summed E-state index contributed by atoms with van der Waals surface area (Å²) in [7, 11) is 0. The lowest BCUT2D eigenvalue weighted by molar-refractivity contribution is 0.251. The molecule has 0 aliphatic heterocycles. The van der Waals surface area contributed by atoms with E-state index in [0.29, 0.717) is 12.5 Å². The van der Waals surface area contributed by atoms with Crippen molar-refractivity contribution in [1.82, 2.24) is 10.3 Å². The third-order valence-corrected chi connectivity index (χ3v) is 4.01. The van der Waals surface area contributed by atoms with Crippen LogP contribution < -0.4 is 10.6 Å². The highest BCUT2D eigenvalue weighted by Crippen LogP contribution is 2.34. The Hall–Kier alpha value is -2.75. The van der Waals surface area contributed by atoms with E-state index < -0.39 is 0 Å². The Labute approximate surface area is 142 Å². The molecule has 1 heterocycles. The number of para-hydroxylation sites is 1. The molecule has 124 valence electrons. The van der Waals surface area contributed by atoms with Crippen LogP contribution in [0.2, 0.25) is 0 Å². The van der Waals surface area contributed by atoms with Crippen LogP contribution in [0.5, 0.6) is 0 Å². The van der Waals surface area contributed by atoms with Crippen LogP contribution in [0, 0.1) is 5.92 Å². The first-order chi connectivity index (χ1) is 11.6. The average molecular weight is 321 g/mol. The van der Waals surface area contributed by atoms with Gasteiger partial charge in [0, 0.05) is 23.0 Å². The second kappa shape index (κ2) is 7.21. The molecule has 1 aromatic heterocycles. The Morgan fingerprint density at radius 1 is 1.04 bits per heavy atom. The first kappa shape index (κ1) is 16.1. The van der Waals surface area contributed by atoms with Crippen LogP contribution in [0.25, 0.3) is 22.2 Å². The molecule has 0 aliphatic carbocycles. The Bertz CT molecular complexity index is 821. The number of fused-ring (bicyclic) bond motifs is 1. The fraction of sp³-hybridized carbons (Fsp3) is 0.250. The van der Waals surface area contributed by atoms with Crippen molar-refractivity contribution >= 4 is 22.6 Å². The van der Waals surface area contributed by atoms with Crippen LogP contribution in [0.15, 0.2) is 54.6 Å². The van der Waals surface area contributed by atoms with Gasteiger partial charge in [0.15, 0.2) is 0 Å². The van der Waals surface area contributed by atoms with Gasteiger partial charge in [0.2, 0.25) is 0 Å². The zero-order chi connectivity index (χ0) is 16.9. The fourth-order valence-corrected chi connectivity index (χ4v) is 2.73. The van der Waals surface area contributed by atoms with Gasteiger partial charge in [0.25, 0.3) is 0 Å². The number of aromatic nitrogens is 1. The minimum absolute atomic E-state index is 0.169. The van der Waals surface area contributed by atoms with E-state index in [9.17, 15) is 4.79 Å². The van der Waals surface area contributed by atoms with Crippen molar-refractivity contribution < 1.29 is 4.79 Å². The van der Waals surface area contributed by atoms with Gasteiger partial charge in [-0.3, -0.25) is 0 Å². The quantitative estimate of drug-likeness (QED) is 0.608. The number of nitrogens with one attached hydrogen (secondary N) is 3. The molecule has 0 aliphatic rings. The van der Waals surface area contributed by atoms with E-state index in [-0.39, 0.29) is 6.03 Å². The molecule has 0 atom stereocenters. The first-order valence-corrected chi connectivity index (χ1v) is 8.36. The van der Waals surface area contributed by atoms with Crippen molar-refractivity contribution in [3.63, 3.8) is 0 Å². The summed E-state index contributed by atoms with van der Waals surface area (Å²) in [5.74, 6) is 0.568. The molecule has 3 rings (SSSR count). The third-order valence-electron chi connectivity index (χ3n) is 4.01. The average Bonchev–Trinajstić information content (AvgIpc) is 2.94. The number of carbonyl (C=O) groups is 1. The maximum absolute atomic E-state index is 12.3. The van der Waals surface area contributed by atoms with Crippen molar-refractivity contribution in [1.29, 1.82) is 0 Å². The summed E-state index contributed by atoms with van der Waals surface area (Å²) >= 11 is 0. The number of hydrogen-bond acceptors (Lipinski definition) is 1. The number of benzene rings is 2. The molecule has 2 aromatic carbocycles. The van der Waals surface area contributed by atoms with Crippen molar-refractivity contribution in [2.24, 2.45) is 5.92 Å². The molecular weight excluding hydrogens is 298 g/mol. The molecule has 0 saturated heterocycles. The maximum atomic E-state index is 12.3. The molecule has 3 aromatic rings. The van der Waals surface area contributed by atoms with Gasteiger partial charge in [-0.25, -0.2) is 4.79 Å². The van der Waals surface area contributed by atoms with Crippen LogP contribution in [0.3, 0.4) is 0 Å². The molecule has 4 heteroatoms. The number of hydrogen-bond donors (Lipinski definition) is 3. The van der Waals surface area contributed by atoms with E-state index >= 15 is 0 Å². The summed E-state index contributed by atoms with van der Waals surface area (Å²) in [6.07, 6.45) is 0.965. The molecule has 0 radical (unpaired) electrons. The highest BCUT2D eigenvalue weighted by atomic mass is 16.2. The van der Waals surface area contributed by atoms with Crippen molar-refractivity contribution in [3.8, 4) is 11.3 Å². The maximum Gasteiger partial charge on any atom is 0.319 e. The molecule has 0 unspecified atom stereocenters. The van der Waals surface area contributed by atoms with Crippen molar-refractivity contribution in [2.75, 3.05) is 11.9 Å². The van der Waals surface area contributed by atoms with Gasteiger partial charge in [0.1, 0.15) is 0 Å². The van der Waals surface area contributed by atoms with Gasteiger partial charge < -0.3 is 15.6 Å². The minimum Gasteiger partial charge on any atom is -0.353 e. The van der Waals surface area contributed by atoms with E-state index in [1.807, 2.05) is 54.6 Å². The van der Waals surface area contributed by atoms with Gasteiger partial charge >= 0.3 is 6.03 Å². The normalized spacial score (nSPS) is 11.0. The topological polar surface area (TPSA) is 56.9 Å². The Kier molecular flexibility index (Phi) is 4.85. The molecule has 2 amide bonds. The highest BCUT2D eigenvalue weighted by molar-refractivity contribution is 6.07. The highest BCUT2D eigenvalue weighted by Gasteiger charge is 2.15. The number of amides is 2. The van der Waals surface area contributed by atoms with Crippen LogP contribution >= 0.6 is 0 Å². The van der Waals surface area contributed by atoms with Crippen LogP contribution in [-0.4, -0.2) is 17.6 Å². The van der Waals surface area contributed by atoms with E-state index in [2.05, 4.69) is 29.5 Å². The van der Waals surface area contributed by atoms with Crippen molar-refractivity contribution in [2.45, 2.75) is 20.3 Å². The lowest BCUT2D eigenvalue weighted by Gasteiger charge is -2.10. The van der Waals surface area contributed by atoms with E-state index in [0.717, 1.165) is 34.3 Å². The van der Waals surface area contributed by atoms with Crippen LogP contribution in [-0.2, 0) is 0 Å². The minimum atomic E-state index is -0.169. The molecular formula is C20H23N3O. The largest absolute Gasteiger partial charge is 0.353 e. The second-order valence-corrected chi connectivity index (χ2v) is 6.35. The lowest BCUT2D eigenvalue weighted by atomic mass is 10.1.